The summed E-state index contributed by atoms with van der Waals surface area (Å²) in [5.41, 5.74) is 0.403. The van der Waals surface area contributed by atoms with Gasteiger partial charge in [0.25, 0.3) is 5.91 Å². The molecule has 1 aromatic heterocycles. The van der Waals surface area contributed by atoms with E-state index in [0.717, 1.165) is 25.7 Å². The van der Waals surface area contributed by atoms with Crippen molar-refractivity contribution in [3.05, 3.63) is 24.0 Å². The van der Waals surface area contributed by atoms with E-state index < -0.39 is 0 Å². The highest BCUT2D eigenvalue weighted by molar-refractivity contribution is 5.92. The van der Waals surface area contributed by atoms with Gasteiger partial charge in [-0.05, 0) is 43.2 Å². The van der Waals surface area contributed by atoms with Crippen LogP contribution >= 0.6 is 0 Å². The van der Waals surface area contributed by atoms with E-state index in [-0.39, 0.29) is 12.5 Å². The summed E-state index contributed by atoms with van der Waals surface area (Å²) in [4.78, 5) is 16.0. The third kappa shape index (κ3) is 3.93. The zero-order valence-corrected chi connectivity index (χ0v) is 11.8. The molecule has 1 heterocycles. The van der Waals surface area contributed by atoms with Gasteiger partial charge in [-0.1, -0.05) is 6.42 Å². The summed E-state index contributed by atoms with van der Waals surface area (Å²) in [5, 5.41) is 12.1. The van der Waals surface area contributed by atoms with Crippen LogP contribution in [0.5, 0.6) is 5.75 Å². The molecule has 0 spiro atoms. The normalized spacial score (nSPS) is 22.3. The first-order chi connectivity index (χ1) is 9.72. The molecule has 1 aromatic rings. The third-order valence-corrected chi connectivity index (χ3v) is 3.91. The van der Waals surface area contributed by atoms with Crippen molar-refractivity contribution in [2.45, 2.75) is 25.7 Å². The quantitative estimate of drug-likeness (QED) is 0.858. The van der Waals surface area contributed by atoms with Gasteiger partial charge in [0.05, 0.1) is 13.3 Å². The van der Waals surface area contributed by atoms with E-state index in [4.69, 9.17) is 4.74 Å². The predicted molar refractivity (Wildman–Crippen MR) is 75.7 cm³/mol. The first-order valence-electron chi connectivity index (χ1n) is 7.12. The van der Waals surface area contributed by atoms with Gasteiger partial charge < -0.3 is 15.2 Å². The molecule has 2 atom stereocenters. The second kappa shape index (κ2) is 7.24. The maximum Gasteiger partial charge on any atom is 0.269 e. The first-order valence-corrected chi connectivity index (χ1v) is 7.12. The number of aromatic nitrogens is 1. The van der Waals surface area contributed by atoms with Gasteiger partial charge in [-0.15, -0.1) is 0 Å². The van der Waals surface area contributed by atoms with E-state index in [1.54, 1.807) is 19.2 Å². The second-order valence-electron chi connectivity index (χ2n) is 5.37. The van der Waals surface area contributed by atoms with Crippen molar-refractivity contribution in [3.8, 4) is 5.75 Å². The van der Waals surface area contributed by atoms with Crippen LogP contribution in [-0.4, -0.2) is 36.3 Å². The maximum absolute atomic E-state index is 12.0. The average Bonchev–Trinajstić information content (AvgIpc) is 2.53. The van der Waals surface area contributed by atoms with Crippen molar-refractivity contribution in [3.63, 3.8) is 0 Å². The van der Waals surface area contributed by atoms with E-state index in [9.17, 15) is 9.90 Å². The van der Waals surface area contributed by atoms with Crippen LogP contribution < -0.4 is 10.1 Å². The monoisotopic (exact) mass is 278 g/mol. The zero-order valence-electron chi connectivity index (χ0n) is 11.8. The lowest BCUT2D eigenvalue weighted by molar-refractivity contribution is 0.0929. The van der Waals surface area contributed by atoms with E-state index in [1.807, 2.05) is 0 Å². The molecule has 1 aliphatic carbocycles. The van der Waals surface area contributed by atoms with Gasteiger partial charge in [0.2, 0.25) is 0 Å². The number of hydrogen-bond donors (Lipinski definition) is 2. The summed E-state index contributed by atoms with van der Waals surface area (Å²) in [7, 11) is 1.57. The standard InChI is InChI=1S/C15H22N2O3/c1-20-13-5-6-14(16-9-13)15(19)17-8-11-3-2-4-12(7-11)10-18/h5-6,9,11-12,18H,2-4,7-8,10H2,1H3,(H,17,19)/t11-,12+/m0/s1. The largest absolute Gasteiger partial charge is 0.495 e. The summed E-state index contributed by atoms with van der Waals surface area (Å²) in [5.74, 6) is 1.34. The molecular weight excluding hydrogens is 256 g/mol. The molecule has 0 unspecified atom stereocenters. The van der Waals surface area contributed by atoms with Crippen LogP contribution in [0.3, 0.4) is 0 Å². The molecule has 2 rings (SSSR count). The highest BCUT2D eigenvalue weighted by Gasteiger charge is 2.22. The van der Waals surface area contributed by atoms with Crippen molar-refractivity contribution in [2.24, 2.45) is 11.8 Å². The van der Waals surface area contributed by atoms with Gasteiger partial charge in [0.15, 0.2) is 0 Å². The molecule has 0 aromatic carbocycles. The van der Waals surface area contributed by atoms with Crippen LogP contribution in [0, 0.1) is 11.8 Å². The van der Waals surface area contributed by atoms with Gasteiger partial charge in [0, 0.05) is 13.2 Å². The molecule has 5 heteroatoms. The third-order valence-electron chi connectivity index (χ3n) is 3.91. The summed E-state index contributed by atoms with van der Waals surface area (Å²) in [6.45, 7) is 0.910. The fourth-order valence-corrected chi connectivity index (χ4v) is 2.72. The van der Waals surface area contributed by atoms with Gasteiger partial charge in [-0.2, -0.15) is 0 Å². The molecule has 0 radical (unpaired) electrons. The summed E-state index contributed by atoms with van der Waals surface area (Å²) < 4.78 is 5.01. The van der Waals surface area contributed by atoms with Crippen molar-refractivity contribution < 1.29 is 14.6 Å². The summed E-state index contributed by atoms with van der Waals surface area (Å²) in [6.07, 6.45) is 5.88. The maximum atomic E-state index is 12.0. The highest BCUT2D eigenvalue weighted by atomic mass is 16.5. The minimum atomic E-state index is -0.154. The van der Waals surface area contributed by atoms with Crippen LogP contribution in [0.25, 0.3) is 0 Å². The van der Waals surface area contributed by atoms with Gasteiger partial charge >= 0.3 is 0 Å². The minimum Gasteiger partial charge on any atom is -0.495 e. The van der Waals surface area contributed by atoms with E-state index >= 15 is 0 Å². The van der Waals surface area contributed by atoms with Crippen molar-refractivity contribution >= 4 is 5.91 Å². The lowest BCUT2D eigenvalue weighted by Crippen LogP contribution is -2.32. The minimum absolute atomic E-state index is 0.154. The topological polar surface area (TPSA) is 71.5 Å². The molecule has 5 nitrogen and oxygen atoms in total. The molecule has 1 saturated carbocycles. The summed E-state index contributed by atoms with van der Waals surface area (Å²) >= 11 is 0. The number of rotatable bonds is 5. The predicted octanol–water partition coefficient (Wildman–Crippen LogP) is 1.62. The molecule has 0 bridgehead atoms. The number of nitrogens with one attached hydrogen (secondary N) is 1. The Labute approximate surface area is 119 Å². The Morgan fingerprint density at radius 1 is 1.45 bits per heavy atom. The molecule has 1 aliphatic rings. The fourth-order valence-electron chi connectivity index (χ4n) is 2.72. The van der Waals surface area contributed by atoms with E-state index in [0.29, 0.717) is 29.8 Å². The molecule has 110 valence electrons. The Hall–Kier alpha value is -1.62. The van der Waals surface area contributed by atoms with Crippen LogP contribution in [0.1, 0.15) is 36.2 Å². The lowest BCUT2D eigenvalue weighted by atomic mass is 9.82. The number of amides is 1. The number of aliphatic hydroxyl groups is 1. The molecule has 0 saturated heterocycles. The number of carbonyl (C=O) groups excluding carboxylic acids is 1. The summed E-state index contributed by atoms with van der Waals surface area (Å²) in [6, 6.07) is 3.38. The molecule has 2 N–H and O–H groups in total. The Bertz CT molecular complexity index is 433. The molecule has 1 amide bonds. The van der Waals surface area contributed by atoms with Crippen LogP contribution in [0.2, 0.25) is 0 Å². The first kappa shape index (κ1) is 14.8. The van der Waals surface area contributed by atoms with Crippen molar-refractivity contribution in [1.82, 2.24) is 10.3 Å². The Morgan fingerprint density at radius 2 is 2.25 bits per heavy atom. The number of nitrogens with zero attached hydrogens (tertiary/aromatic N) is 1. The number of aliphatic hydroxyl groups excluding tert-OH is 1. The van der Waals surface area contributed by atoms with Crippen LogP contribution in [0.15, 0.2) is 18.3 Å². The number of ether oxygens (including phenoxy) is 1. The number of carbonyl (C=O) groups is 1. The van der Waals surface area contributed by atoms with Crippen molar-refractivity contribution in [1.29, 1.82) is 0 Å². The molecule has 1 fully saturated rings. The fraction of sp³-hybridized carbons (Fsp3) is 0.600. The Kier molecular flexibility index (Phi) is 5.35. The van der Waals surface area contributed by atoms with Crippen molar-refractivity contribution in [2.75, 3.05) is 20.3 Å². The number of pyridine rings is 1. The SMILES string of the molecule is COc1ccc(C(=O)NC[C@H]2CCC[C@@H](CO)C2)nc1. The van der Waals surface area contributed by atoms with Gasteiger partial charge in [0.1, 0.15) is 11.4 Å². The average molecular weight is 278 g/mol. The zero-order chi connectivity index (χ0) is 14.4. The second-order valence-corrected chi connectivity index (χ2v) is 5.37. The van der Waals surface area contributed by atoms with E-state index in [1.165, 1.54) is 6.20 Å². The highest BCUT2D eigenvalue weighted by Crippen LogP contribution is 2.28. The Balaban J connectivity index is 1.82. The van der Waals surface area contributed by atoms with Crippen LogP contribution in [0.4, 0.5) is 0 Å². The lowest BCUT2D eigenvalue weighted by Gasteiger charge is -2.27. The van der Waals surface area contributed by atoms with Crippen LogP contribution in [-0.2, 0) is 0 Å². The molecular formula is C15H22N2O3. The van der Waals surface area contributed by atoms with E-state index in [2.05, 4.69) is 10.3 Å². The number of hydrogen-bond acceptors (Lipinski definition) is 4. The molecule has 0 aliphatic heterocycles. The van der Waals surface area contributed by atoms with Gasteiger partial charge in [-0.3, -0.25) is 4.79 Å². The number of methoxy groups -OCH3 is 1. The Morgan fingerprint density at radius 3 is 2.90 bits per heavy atom. The molecule has 20 heavy (non-hydrogen) atoms. The van der Waals surface area contributed by atoms with Gasteiger partial charge in [-0.25, -0.2) is 4.98 Å². The smallest absolute Gasteiger partial charge is 0.269 e.